The van der Waals surface area contributed by atoms with Gasteiger partial charge in [-0.1, -0.05) is 11.6 Å². The highest BCUT2D eigenvalue weighted by Crippen LogP contribution is 2.24. The van der Waals surface area contributed by atoms with Gasteiger partial charge in [-0.3, -0.25) is 0 Å². The van der Waals surface area contributed by atoms with Crippen LogP contribution in [0.4, 0.5) is 14.5 Å². The van der Waals surface area contributed by atoms with Crippen LogP contribution in [0, 0.1) is 0 Å². The molecule has 14 heavy (non-hydrogen) atoms. The number of nitrogens with one attached hydrogen (secondary N) is 1. The quantitative estimate of drug-likeness (QED) is 0.859. The van der Waals surface area contributed by atoms with Gasteiger partial charge < -0.3 is 5.32 Å². The molecule has 1 aromatic rings. The van der Waals surface area contributed by atoms with Crippen LogP contribution in [-0.4, -0.2) is 17.5 Å². The number of aromatic nitrogens is 1. The van der Waals surface area contributed by atoms with Crippen LogP contribution in [0.25, 0.3) is 0 Å². The van der Waals surface area contributed by atoms with Crippen LogP contribution in [0.2, 0.25) is 5.02 Å². The van der Waals surface area contributed by atoms with E-state index in [4.69, 9.17) is 11.6 Å². The van der Waals surface area contributed by atoms with Crippen molar-refractivity contribution < 1.29 is 8.78 Å². The number of anilines is 1. The zero-order chi connectivity index (χ0) is 10.7. The Balaban J connectivity index is 2.80. The van der Waals surface area contributed by atoms with Crippen LogP contribution in [0.5, 0.6) is 0 Å². The van der Waals surface area contributed by atoms with Gasteiger partial charge in [0.1, 0.15) is 4.60 Å². The van der Waals surface area contributed by atoms with E-state index < -0.39 is 12.5 Å². The summed E-state index contributed by atoms with van der Waals surface area (Å²) in [7, 11) is 0. The van der Waals surface area contributed by atoms with Crippen molar-refractivity contribution in [3.05, 3.63) is 21.9 Å². The van der Waals surface area contributed by atoms with Crippen LogP contribution in [-0.2, 0) is 0 Å². The molecule has 2 nitrogen and oxygen atoms in total. The fourth-order valence-electron chi connectivity index (χ4n) is 0.832. The van der Waals surface area contributed by atoms with Gasteiger partial charge in [-0.2, -0.15) is 0 Å². The lowest BCUT2D eigenvalue weighted by molar-refractivity contribution is 0.130. The topological polar surface area (TPSA) is 24.9 Å². The molecule has 0 fully saturated rings. The molecular weight excluding hydrogens is 277 g/mol. The van der Waals surface area contributed by atoms with Gasteiger partial charge in [0, 0.05) is 6.20 Å². The van der Waals surface area contributed by atoms with E-state index in [1.165, 1.54) is 19.2 Å². The van der Waals surface area contributed by atoms with Gasteiger partial charge in [-0.15, -0.1) is 0 Å². The maximum atomic E-state index is 12.2. The average Bonchev–Trinajstić information content (AvgIpc) is 2.11. The van der Waals surface area contributed by atoms with Crippen LogP contribution < -0.4 is 5.32 Å². The van der Waals surface area contributed by atoms with E-state index in [1.807, 2.05) is 0 Å². The zero-order valence-corrected chi connectivity index (χ0v) is 9.61. The molecule has 1 aromatic heterocycles. The Morgan fingerprint density at radius 2 is 2.21 bits per heavy atom. The van der Waals surface area contributed by atoms with Crippen molar-refractivity contribution >= 4 is 33.2 Å². The molecular formula is C8H8BrClF2N2. The summed E-state index contributed by atoms with van der Waals surface area (Å²) in [6.07, 6.45) is -0.995. The summed E-state index contributed by atoms with van der Waals surface area (Å²) in [5, 5.41) is 3.01. The van der Waals surface area contributed by atoms with Crippen LogP contribution in [0.1, 0.15) is 6.92 Å². The Bertz CT molecular complexity index is 322. The van der Waals surface area contributed by atoms with E-state index in [9.17, 15) is 8.78 Å². The summed E-state index contributed by atoms with van der Waals surface area (Å²) in [5.41, 5.74) is 0.463. The molecule has 78 valence electrons. The summed E-state index contributed by atoms with van der Waals surface area (Å²) in [4.78, 5) is 3.87. The molecule has 0 spiro atoms. The van der Waals surface area contributed by atoms with Crippen molar-refractivity contribution in [2.24, 2.45) is 0 Å². The lowest BCUT2D eigenvalue weighted by atomic mass is 10.3. The highest BCUT2D eigenvalue weighted by Gasteiger charge is 2.15. The smallest absolute Gasteiger partial charge is 0.258 e. The summed E-state index contributed by atoms with van der Waals surface area (Å²) < 4.78 is 24.9. The molecule has 1 unspecified atom stereocenters. The summed E-state index contributed by atoms with van der Waals surface area (Å²) in [6.45, 7) is 1.39. The van der Waals surface area contributed by atoms with Crippen LogP contribution >= 0.6 is 27.5 Å². The van der Waals surface area contributed by atoms with Crippen molar-refractivity contribution in [1.82, 2.24) is 4.98 Å². The Morgan fingerprint density at radius 3 is 2.79 bits per heavy atom. The minimum Gasteiger partial charge on any atom is -0.375 e. The fourth-order valence-corrected chi connectivity index (χ4v) is 1.32. The Hall–Kier alpha value is -0.420. The molecule has 6 heteroatoms. The van der Waals surface area contributed by atoms with Crippen molar-refractivity contribution in [3.63, 3.8) is 0 Å². The Labute approximate surface area is 93.8 Å². The summed E-state index contributed by atoms with van der Waals surface area (Å²) in [6, 6.07) is 0.601. The average molecular weight is 286 g/mol. The first-order valence-electron chi connectivity index (χ1n) is 3.86. The predicted octanol–water partition coefficient (Wildman–Crippen LogP) is 3.56. The second-order valence-electron chi connectivity index (χ2n) is 2.76. The minimum atomic E-state index is -2.43. The van der Waals surface area contributed by atoms with Gasteiger partial charge >= 0.3 is 0 Å². The lowest BCUT2D eigenvalue weighted by Crippen LogP contribution is -2.24. The SMILES string of the molecule is CC(Nc1cc(Cl)cnc1Br)C(F)F. The highest BCUT2D eigenvalue weighted by atomic mass is 79.9. The van der Waals surface area contributed by atoms with Crippen molar-refractivity contribution in [2.45, 2.75) is 19.4 Å². The maximum absolute atomic E-state index is 12.2. The van der Waals surface area contributed by atoms with E-state index in [0.29, 0.717) is 15.3 Å². The van der Waals surface area contributed by atoms with Crippen LogP contribution in [0.3, 0.4) is 0 Å². The first kappa shape index (κ1) is 11.7. The Kier molecular flexibility index (Phi) is 4.07. The molecule has 0 aliphatic carbocycles. The number of halogens is 4. The van der Waals surface area contributed by atoms with E-state index in [1.54, 1.807) is 0 Å². The molecule has 0 amide bonds. The lowest BCUT2D eigenvalue weighted by Gasteiger charge is -2.14. The number of rotatable bonds is 3. The van der Waals surface area contributed by atoms with E-state index in [-0.39, 0.29) is 0 Å². The van der Waals surface area contributed by atoms with Gasteiger partial charge in [0.25, 0.3) is 6.43 Å². The molecule has 1 heterocycles. The zero-order valence-electron chi connectivity index (χ0n) is 7.27. The largest absolute Gasteiger partial charge is 0.375 e. The third-order valence-corrected chi connectivity index (χ3v) is 2.41. The fraction of sp³-hybridized carbons (Fsp3) is 0.375. The number of hydrogen-bond donors (Lipinski definition) is 1. The van der Waals surface area contributed by atoms with E-state index in [2.05, 4.69) is 26.2 Å². The molecule has 1 rings (SSSR count). The first-order valence-corrected chi connectivity index (χ1v) is 5.03. The molecule has 0 aromatic carbocycles. The second-order valence-corrected chi connectivity index (χ2v) is 3.95. The van der Waals surface area contributed by atoms with Crippen molar-refractivity contribution in [1.29, 1.82) is 0 Å². The van der Waals surface area contributed by atoms with Crippen molar-refractivity contribution in [2.75, 3.05) is 5.32 Å². The monoisotopic (exact) mass is 284 g/mol. The van der Waals surface area contributed by atoms with Crippen LogP contribution in [0.15, 0.2) is 16.9 Å². The van der Waals surface area contributed by atoms with Gasteiger partial charge in [0.05, 0.1) is 16.8 Å². The third kappa shape index (κ3) is 3.06. The molecule has 0 aliphatic rings. The van der Waals surface area contributed by atoms with Gasteiger partial charge in [-0.25, -0.2) is 13.8 Å². The van der Waals surface area contributed by atoms with Gasteiger partial charge in [0.2, 0.25) is 0 Å². The molecule has 0 saturated heterocycles. The number of nitrogens with zero attached hydrogens (tertiary/aromatic N) is 1. The van der Waals surface area contributed by atoms with Gasteiger partial charge in [-0.05, 0) is 28.9 Å². The summed E-state index contributed by atoms with van der Waals surface area (Å²) in [5.74, 6) is 0. The normalized spacial score (nSPS) is 13.0. The molecule has 0 aliphatic heterocycles. The highest BCUT2D eigenvalue weighted by molar-refractivity contribution is 9.10. The first-order chi connectivity index (χ1) is 6.50. The molecule has 0 saturated carbocycles. The standard InChI is InChI=1S/C8H8BrClF2N2/c1-4(8(11)12)14-6-2-5(10)3-13-7(6)9/h2-4,8,14H,1H3. The Morgan fingerprint density at radius 1 is 1.57 bits per heavy atom. The van der Waals surface area contributed by atoms with E-state index >= 15 is 0 Å². The second kappa shape index (κ2) is 4.89. The molecule has 1 atom stereocenters. The molecule has 0 bridgehead atoms. The number of hydrogen-bond acceptors (Lipinski definition) is 2. The summed E-state index contributed by atoms with van der Waals surface area (Å²) >= 11 is 8.80. The van der Waals surface area contributed by atoms with Gasteiger partial charge in [0.15, 0.2) is 0 Å². The predicted molar refractivity (Wildman–Crippen MR) is 56.0 cm³/mol. The number of alkyl halides is 2. The minimum absolute atomic E-state index is 0.400. The molecule has 1 N–H and O–H groups in total. The van der Waals surface area contributed by atoms with E-state index in [0.717, 1.165) is 0 Å². The third-order valence-electron chi connectivity index (χ3n) is 1.57. The maximum Gasteiger partial charge on any atom is 0.258 e. The number of pyridine rings is 1. The molecule has 0 radical (unpaired) electrons. The van der Waals surface area contributed by atoms with Crippen molar-refractivity contribution in [3.8, 4) is 0 Å².